The maximum atomic E-state index is 13.4. The third-order valence-corrected chi connectivity index (χ3v) is 8.08. The fourth-order valence-electron chi connectivity index (χ4n) is 4.36. The van der Waals surface area contributed by atoms with Crippen LogP contribution in [-0.4, -0.2) is 78.0 Å². The van der Waals surface area contributed by atoms with Crippen LogP contribution >= 0.6 is 0 Å². The van der Waals surface area contributed by atoms with E-state index in [1.165, 1.54) is 0 Å². The summed E-state index contributed by atoms with van der Waals surface area (Å²) in [5.41, 5.74) is 5.84. The van der Waals surface area contributed by atoms with Gasteiger partial charge in [0.2, 0.25) is 0 Å². The molecule has 2 aliphatic heterocycles. The number of hydrogen-bond acceptors (Lipinski definition) is 6. The minimum absolute atomic E-state index is 0.0292. The molecule has 0 unspecified atom stereocenters. The van der Waals surface area contributed by atoms with Gasteiger partial charge >= 0.3 is 7.12 Å². The van der Waals surface area contributed by atoms with E-state index in [-0.39, 0.29) is 18.0 Å². The molecule has 10 heteroatoms. The molecule has 1 saturated carbocycles. The first-order valence-electron chi connectivity index (χ1n) is 9.86. The second kappa shape index (κ2) is 8.02. The Morgan fingerprint density at radius 1 is 1.31 bits per heavy atom. The van der Waals surface area contributed by atoms with Gasteiger partial charge in [0.25, 0.3) is 10.2 Å². The van der Waals surface area contributed by atoms with Gasteiger partial charge in [0.1, 0.15) is 0 Å². The second-order valence-electron chi connectivity index (χ2n) is 8.48. The Hall–Kier alpha value is -0.225. The lowest BCUT2D eigenvalue weighted by Gasteiger charge is -2.36. The van der Waals surface area contributed by atoms with E-state index in [2.05, 4.69) is 5.32 Å². The zero-order valence-corrected chi connectivity index (χ0v) is 16.5. The van der Waals surface area contributed by atoms with Crippen LogP contribution in [0.25, 0.3) is 0 Å². The predicted molar refractivity (Wildman–Crippen MR) is 102 cm³/mol. The van der Waals surface area contributed by atoms with Crippen LogP contribution in [-0.2, 0) is 10.2 Å². The molecule has 3 fully saturated rings. The van der Waals surface area contributed by atoms with Crippen molar-refractivity contribution < 1.29 is 18.5 Å². The molecular weight excluding hydrogens is 355 g/mol. The number of nitrogens with zero attached hydrogens (tertiary/aromatic N) is 2. The Labute approximate surface area is 157 Å². The summed E-state index contributed by atoms with van der Waals surface area (Å²) < 4.78 is 30.2. The van der Waals surface area contributed by atoms with Crippen LogP contribution in [0.2, 0.25) is 6.32 Å². The normalized spacial score (nSPS) is 33.7. The third kappa shape index (κ3) is 4.60. The van der Waals surface area contributed by atoms with Gasteiger partial charge in [-0.25, -0.2) is 0 Å². The van der Waals surface area contributed by atoms with Crippen molar-refractivity contribution in [2.75, 3.05) is 26.2 Å². The molecular formula is C16H33BN4O4S. The van der Waals surface area contributed by atoms with Gasteiger partial charge in [-0.1, -0.05) is 6.42 Å². The molecule has 0 radical (unpaired) electrons. The van der Waals surface area contributed by atoms with Crippen LogP contribution < -0.4 is 11.1 Å². The molecule has 1 aliphatic carbocycles. The largest absolute Gasteiger partial charge is 0.451 e. The molecule has 0 amide bonds. The standard InChI is InChI=1S/C16H33BN4O4S/c1-16(18)12-20(11-13(16)4-2-8-17(22)23)26(24,25)21(14-6-7-14)15-5-3-9-19-10-15/h13-15,19,22-23H,2-12,18H2,1H3/t13-,15+,16-/m0/s1. The lowest BCUT2D eigenvalue weighted by atomic mass is 9.79. The van der Waals surface area contributed by atoms with Gasteiger partial charge in [-0.2, -0.15) is 17.0 Å². The smallest absolute Gasteiger partial charge is 0.427 e. The lowest BCUT2D eigenvalue weighted by molar-refractivity contribution is 0.241. The Morgan fingerprint density at radius 2 is 2.04 bits per heavy atom. The van der Waals surface area contributed by atoms with Crippen molar-refractivity contribution in [1.29, 1.82) is 0 Å². The van der Waals surface area contributed by atoms with E-state index in [0.717, 1.165) is 38.8 Å². The zero-order valence-electron chi connectivity index (χ0n) is 15.7. The first-order valence-corrected chi connectivity index (χ1v) is 11.3. The Morgan fingerprint density at radius 3 is 2.62 bits per heavy atom. The van der Waals surface area contributed by atoms with Gasteiger partial charge in [0, 0.05) is 37.3 Å². The van der Waals surface area contributed by atoms with Crippen molar-refractivity contribution in [2.24, 2.45) is 11.7 Å². The molecule has 0 spiro atoms. The Bertz CT molecular complexity index is 579. The molecule has 0 aromatic heterocycles. The quantitative estimate of drug-likeness (QED) is 0.411. The molecule has 0 aromatic rings. The van der Waals surface area contributed by atoms with Gasteiger partial charge in [-0.15, -0.1) is 0 Å². The fraction of sp³-hybridized carbons (Fsp3) is 1.00. The van der Waals surface area contributed by atoms with E-state index in [9.17, 15) is 8.42 Å². The highest BCUT2D eigenvalue weighted by molar-refractivity contribution is 7.86. The number of piperidine rings is 1. The number of rotatable bonds is 8. The molecule has 0 aromatic carbocycles. The van der Waals surface area contributed by atoms with Crippen molar-refractivity contribution in [1.82, 2.24) is 13.9 Å². The van der Waals surface area contributed by atoms with Gasteiger partial charge in [-0.05, 0) is 57.8 Å². The summed E-state index contributed by atoms with van der Waals surface area (Å²) in [6.07, 6.45) is 5.43. The first-order chi connectivity index (χ1) is 12.2. The van der Waals surface area contributed by atoms with E-state index in [0.29, 0.717) is 32.3 Å². The molecule has 5 N–H and O–H groups in total. The summed E-state index contributed by atoms with van der Waals surface area (Å²) >= 11 is 0. The highest BCUT2D eigenvalue weighted by Gasteiger charge is 2.50. The van der Waals surface area contributed by atoms with Crippen LogP contribution in [0.1, 0.15) is 45.4 Å². The van der Waals surface area contributed by atoms with Gasteiger partial charge < -0.3 is 21.1 Å². The van der Waals surface area contributed by atoms with Gasteiger partial charge in [0.05, 0.1) is 0 Å². The summed E-state index contributed by atoms with van der Waals surface area (Å²) in [6.45, 7) is 4.33. The maximum Gasteiger partial charge on any atom is 0.451 e. The predicted octanol–water partition coefficient (Wildman–Crippen LogP) is -0.650. The highest BCUT2D eigenvalue weighted by atomic mass is 32.2. The fourth-order valence-corrected chi connectivity index (χ4v) is 6.58. The number of nitrogens with two attached hydrogens (primary N) is 1. The molecule has 8 nitrogen and oxygen atoms in total. The van der Waals surface area contributed by atoms with Crippen LogP contribution in [0.5, 0.6) is 0 Å². The van der Waals surface area contributed by atoms with Gasteiger partial charge in [0.15, 0.2) is 0 Å². The van der Waals surface area contributed by atoms with Gasteiger partial charge in [-0.3, -0.25) is 0 Å². The molecule has 2 saturated heterocycles. The summed E-state index contributed by atoms with van der Waals surface area (Å²) in [5, 5.41) is 21.4. The van der Waals surface area contributed by atoms with Crippen LogP contribution in [0, 0.1) is 5.92 Å². The lowest BCUT2D eigenvalue weighted by Crippen LogP contribution is -2.54. The van der Waals surface area contributed by atoms with Crippen molar-refractivity contribution >= 4 is 17.3 Å². The summed E-state index contributed by atoms with van der Waals surface area (Å²) in [6, 6.07) is 0.173. The minimum atomic E-state index is -3.53. The minimum Gasteiger partial charge on any atom is -0.427 e. The molecule has 3 atom stereocenters. The zero-order chi connectivity index (χ0) is 18.9. The van der Waals surface area contributed by atoms with E-state index >= 15 is 0 Å². The van der Waals surface area contributed by atoms with E-state index < -0.39 is 22.9 Å². The van der Waals surface area contributed by atoms with Crippen LogP contribution in [0.3, 0.4) is 0 Å². The molecule has 26 heavy (non-hydrogen) atoms. The van der Waals surface area contributed by atoms with Crippen molar-refractivity contribution in [3.63, 3.8) is 0 Å². The SMILES string of the molecule is C[C@]1(N)CN(S(=O)(=O)N(C2CC2)[C@@H]2CCCNC2)C[C@@H]1CCCB(O)O. The van der Waals surface area contributed by atoms with Crippen LogP contribution in [0.15, 0.2) is 0 Å². The summed E-state index contributed by atoms with van der Waals surface area (Å²) in [5.74, 6) is 0.0292. The molecule has 3 aliphatic rings. The van der Waals surface area contributed by atoms with Crippen molar-refractivity contribution in [3.05, 3.63) is 0 Å². The highest BCUT2D eigenvalue weighted by Crippen LogP contribution is 2.38. The molecule has 150 valence electrons. The van der Waals surface area contributed by atoms with Crippen LogP contribution in [0.4, 0.5) is 0 Å². The average Bonchev–Trinajstić information content (AvgIpc) is 3.32. The van der Waals surface area contributed by atoms with E-state index in [1.54, 1.807) is 8.61 Å². The van der Waals surface area contributed by atoms with Crippen molar-refractivity contribution in [3.8, 4) is 0 Å². The topological polar surface area (TPSA) is 119 Å². The summed E-state index contributed by atoms with van der Waals surface area (Å²) in [7, 11) is -4.85. The molecule has 3 rings (SSSR count). The Balaban J connectivity index is 1.69. The van der Waals surface area contributed by atoms with E-state index in [4.69, 9.17) is 15.8 Å². The maximum absolute atomic E-state index is 13.4. The Kier molecular flexibility index (Phi) is 6.33. The summed E-state index contributed by atoms with van der Waals surface area (Å²) in [4.78, 5) is 0. The second-order valence-corrected chi connectivity index (χ2v) is 10.3. The molecule has 2 heterocycles. The van der Waals surface area contributed by atoms with E-state index in [1.807, 2.05) is 6.92 Å². The third-order valence-electron chi connectivity index (χ3n) is 6.02. The monoisotopic (exact) mass is 388 g/mol. The number of nitrogens with one attached hydrogen (secondary N) is 1. The average molecular weight is 388 g/mol. The number of hydrogen-bond donors (Lipinski definition) is 4. The molecule has 0 bridgehead atoms. The van der Waals surface area contributed by atoms with Crippen molar-refractivity contribution in [2.45, 2.75) is 69.4 Å². The first kappa shape index (κ1) is 20.5.